The number of ether oxygens (including phenoxy) is 2. The first-order valence-electron chi connectivity index (χ1n) is 7.58. The highest BCUT2D eigenvalue weighted by molar-refractivity contribution is 5.56. The largest absolute Gasteiger partial charge is 0.493 e. The van der Waals surface area contributed by atoms with E-state index in [4.69, 9.17) is 9.47 Å². The molecule has 1 saturated heterocycles. The van der Waals surface area contributed by atoms with Crippen molar-refractivity contribution < 1.29 is 9.47 Å². The summed E-state index contributed by atoms with van der Waals surface area (Å²) in [6.07, 6.45) is 7.16. The quantitative estimate of drug-likeness (QED) is 0.883. The van der Waals surface area contributed by atoms with Crippen LogP contribution in [0.15, 0.2) is 6.07 Å². The summed E-state index contributed by atoms with van der Waals surface area (Å²) in [5.41, 5.74) is 4.20. The zero-order valence-electron chi connectivity index (χ0n) is 11.3. The predicted molar refractivity (Wildman–Crippen MR) is 74.2 cm³/mol. The highest BCUT2D eigenvalue weighted by Gasteiger charge is 2.28. The van der Waals surface area contributed by atoms with E-state index < -0.39 is 0 Å². The van der Waals surface area contributed by atoms with Crippen LogP contribution in [-0.2, 0) is 19.3 Å². The Morgan fingerprint density at radius 2 is 2.11 bits per heavy atom. The zero-order chi connectivity index (χ0) is 12.7. The molecule has 0 amide bonds. The Morgan fingerprint density at radius 1 is 1.16 bits per heavy atom. The molecule has 1 N–H and O–H groups in total. The summed E-state index contributed by atoms with van der Waals surface area (Å²) in [5.74, 6) is 2.30. The second-order valence-corrected chi connectivity index (χ2v) is 5.87. The molecule has 0 aliphatic carbocycles. The van der Waals surface area contributed by atoms with E-state index in [-0.39, 0.29) is 0 Å². The van der Waals surface area contributed by atoms with E-state index in [1.54, 1.807) is 0 Å². The van der Waals surface area contributed by atoms with Gasteiger partial charge in [-0.05, 0) is 31.9 Å². The van der Waals surface area contributed by atoms with Gasteiger partial charge in [-0.3, -0.25) is 0 Å². The first kappa shape index (κ1) is 11.6. The Balaban J connectivity index is 1.69. The first-order valence-corrected chi connectivity index (χ1v) is 7.58. The Morgan fingerprint density at radius 3 is 3.00 bits per heavy atom. The Labute approximate surface area is 114 Å². The maximum Gasteiger partial charge on any atom is 0.126 e. The van der Waals surface area contributed by atoms with E-state index in [0.717, 1.165) is 38.2 Å². The fourth-order valence-electron chi connectivity index (χ4n) is 3.65. The topological polar surface area (TPSA) is 30.5 Å². The van der Waals surface area contributed by atoms with E-state index in [0.29, 0.717) is 6.04 Å². The molecule has 0 spiro atoms. The molecule has 3 heterocycles. The molecular weight excluding hydrogens is 238 g/mol. The van der Waals surface area contributed by atoms with Gasteiger partial charge in [0.1, 0.15) is 11.5 Å². The van der Waals surface area contributed by atoms with E-state index in [1.165, 1.54) is 48.2 Å². The van der Waals surface area contributed by atoms with Crippen molar-refractivity contribution in [1.29, 1.82) is 0 Å². The van der Waals surface area contributed by atoms with Crippen molar-refractivity contribution in [2.75, 3.05) is 19.8 Å². The number of piperidine rings is 1. The Bertz CT molecular complexity index is 460. The summed E-state index contributed by atoms with van der Waals surface area (Å²) in [4.78, 5) is 0. The highest BCUT2D eigenvalue weighted by Crippen LogP contribution is 2.41. The van der Waals surface area contributed by atoms with E-state index in [1.807, 2.05) is 0 Å². The standard InChI is InChI=1S/C16H21NO2/c1-2-6-17-12(3-1)10-14-13-5-8-18-15(13)9-11-4-7-19-16(11)14/h9,12,17H,1-8,10H2. The summed E-state index contributed by atoms with van der Waals surface area (Å²) in [7, 11) is 0. The second kappa shape index (κ2) is 4.71. The van der Waals surface area contributed by atoms with Crippen LogP contribution in [0.5, 0.6) is 11.5 Å². The molecule has 0 saturated carbocycles. The van der Waals surface area contributed by atoms with Gasteiger partial charge in [0, 0.05) is 35.6 Å². The van der Waals surface area contributed by atoms with E-state index >= 15 is 0 Å². The van der Waals surface area contributed by atoms with Crippen molar-refractivity contribution in [1.82, 2.24) is 5.32 Å². The molecule has 1 aromatic rings. The third-order valence-electron chi connectivity index (χ3n) is 4.62. The van der Waals surface area contributed by atoms with Gasteiger partial charge < -0.3 is 14.8 Å². The van der Waals surface area contributed by atoms with Gasteiger partial charge >= 0.3 is 0 Å². The van der Waals surface area contributed by atoms with Crippen molar-refractivity contribution in [3.05, 3.63) is 22.8 Å². The average Bonchev–Trinajstić information content (AvgIpc) is 3.08. The maximum atomic E-state index is 5.91. The Hall–Kier alpha value is -1.22. The third-order valence-corrected chi connectivity index (χ3v) is 4.62. The van der Waals surface area contributed by atoms with Crippen LogP contribution in [0.3, 0.4) is 0 Å². The molecule has 1 fully saturated rings. The fourth-order valence-corrected chi connectivity index (χ4v) is 3.65. The summed E-state index contributed by atoms with van der Waals surface area (Å²) in [5, 5.41) is 3.65. The van der Waals surface area contributed by atoms with Gasteiger partial charge in [-0.25, -0.2) is 0 Å². The van der Waals surface area contributed by atoms with Crippen LogP contribution >= 0.6 is 0 Å². The molecule has 3 nitrogen and oxygen atoms in total. The minimum Gasteiger partial charge on any atom is -0.493 e. The van der Waals surface area contributed by atoms with Crippen molar-refractivity contribution in [3.8, 4) is 11.5 Å². The van der Waals surface area contributed by atoms with Crippen LogP contribution in [0, 0.1) is 0 Å². The number of hydrogen-bond acceptors (Lipinski definition) is 3. The van der Waals surface area contributed by atoms with Crippen LogP contribution < -0.4 is 14.8 Å². The summed E-state index contributed by atoms with van der Waals surface area (Å²) >= 11 is 0. The molecule has 1 unspecified atom stereocenters. The molecule has 102 valence electrons. The monoisotopic (exact) mass is 259 g/mol. The molecule has 3 aliphatic heterocycles. The lowest BCUT2D eigenvalue weighted by Gasteiger charge is -2.25. The van der Waals surface area contributed by atoms with E-state index in [2.05, 4.69) is 11.4 Å². The minimum atomic E-state index is 0.620. The van der Waals surface area contributed by atoms with Gasteiger partial charge in [0.25, 0.3) is 0 Å². The van der Waals surface area contributed by atoms with Crippen molar-refractivity contribution in [2.45, 2.75) is 44.6 Å². The molecule has 1 atom stereocenters. The van der Waals surface area contributed by atoms with Crippen LogP contribution in [0.25, 0.3) is 0 Å². The lowest BCUT2D eigenvalue weighted by Crippen LogP contribution is -2.35. The zero-order valence-corrected chi connectivity index (χ0v) is 11.3. The lowest BCUT2D eigenvalue weighted by molar-refractivity contribution is 0.346. The number of benzene rings is 1. The molecular formula is C16H21NO2. The number of nitrogens with one attached hydrogen (secondary N) is 1. The van der Waals surface area contributed by atoms with Gasteiger partial charge in [-0.2, -0.15) is 0 Å². The number of rotatable bonds is 2. The second-order valence-electron chi connectivity index (χ2n) is 5.87. The molecule has 3 heteroatoms. The van der Waals surface area contributed by atoms with Crippen molar-refractivity contribution in [3.63, 3.8) is 0 Å². The van der Waals surface area contributed by atoms with Crippen LogP contribution in [0.1, 0.15) is 36.0 Å². The minimum absolute atomic E-state index is 0.620. The fraction of sp³-hybridized carbons (Fsp3) is 0.625. The predicted octanol–water partition coefficient (Wildman–Crippen LogP) is 2.24. The molecule has 0 bridgehead atoms. The van der Waals surface area contributed by atoms with Crippen LogP contribution in [0.2, 0.25) is 0 Å². The van der Waals surface area contributed by atoms with Crippen LogP contribution in [-0.4, -0.2) is 25.8 Å². The highest BCUT2D eigenvalue weighted by atomic mass is 16.5. The van der Waals surface area contributed by atoms with Crippen molar-refractivity contribution >= 4 is 0 Å². The van der Waals surface area contributed by atoms with Gasteiger partial charge in [0.05, 0.1) is 13.2 Å². The Kier molecular flexibility index (Phi) is 2.87. The van der Waals surface area contributed by atoms with Crippen molar-refractivity contribution in [2.24, 2.45) is 0 Å². The number of fused-ring (bicyclic) bond motifs is 2. The smallest absolute Gasteiger partial charge is 0.126 e. The average molecular weight is 259 g/mol. The summed E-state index contributed by atoms with van der Waals surface area (Å²) in [6.45, 7) is 2.84. The molecule has 3 aliphatic rings. The van der Waals surface area contributed by atoms with Gasteiger partial charge in [-0.1, -0.05) is 6.42 Å². The number of hydrogen-bond donors (Lipinski definition) is 1. The molecule has 19 heavy (non-hydrogen) atoms. The van der Waals surface area contributed by atoms with Gasteiger partial charge in [0.15, 0.2) is 0 Å². The van der Waals surface area contributed by atoms with E-state index in [9.17, 15) is 0 Å². The summed E-state index contributed by atoms with van der Waals surface area (Å²) in [6, 6.07) is 2.83. The first-order chi connectivity index (χ1) is 9.42. The maximum absolute atomic E-state index is 5.91. The van der Waals surface area contributed by atoms with Gasteiger partial charge in [0.2, 0.25) is 0 Å². The molecule has 0 aromatic heterocycles. The summed E-state index contributed by atoms with van der Waals surface area (Å²) < 4.78 is 11.7. The third kappa shape index (κ3) is 2.00. The molecule has 4 rings (SSSR count). The molecule has 1 aromatic carbocycles. The lowest BCUT2D eigenvalue weighted by atomic mass is 9.91. The van der Waals surface area contributed by atoms with Gasteiger partial charge in [-0.15, -0.1) is 0 Å². The normalized spacial score (nSPS) is 24.5. The SMILES string of the molecule is c1c2c(c(CC3CCCCN3)c3c1OCC3)OCC2. The van der Waals surface area contributed by atoms with Crippen LogP contribution in [0.4, 0.5) is 0 Å². The molecule has 0 radical (unpaired) electrons.